The summed E-state index contributed by atoms with van der Waals surface area (Å²) in [5.74, 6) is 1.95. The predicted octanol–water partition coefficient (Wildman–Crippen LogP) is 1.91. The van der Waals surface area contributed by atoms with Crippen LogP contribution in [0.3, 0.4) is 0 Å². The van der Waals surface area contributed by atoms with Crippen molar-refractivity contribution < 1.29 is 9.69 Å². The number of carbonyl (C=O) groups excluding carboxylic acids is 1. The predicted molar refractivity (Wildman–Crippen MR) is 86.9 cm³/mol. The molecular formula is C17H27N2OS+. The third-order valence-corrected chi connectivity index (χ3v) is 5.98. The molecule has 1 unspecified atom stereocenters. The van der Waals surface area contributed by atoms with Gasteiger partial charge < -0.3 is 9.80 Å². The normalized spacial score (nSPS) is 31.3. The van der Waals surface area contributed by atoms with Crippen molar-refractivity contribution in [2.75, 3.05) is 26.2 Å². The van der Waals surface area contributed by atoms with Crippen molar-refractivity contribution in [3.63, 3.8) is 0 Å². The van der Waals surface area contributed by atoms with Crippen molar-refractivity contribution in [2.45, 2.75) is 39.2 Å². The monoisotopic (exact) mass is 307 g/mol. The van der Waals surface area contributed by atoms with Crippen molar-refractivity contribution in [3.05, 3.63) is 22.4 Å². The Morgan fingerprint density at radius 3 is 2.48 bits per heavy atom. The van der Waals surface area contributed by atoms with Gasteiger partial charge in [-0.25, -0.2) is 0 Å². The molecule has 0 aliphatic carbocycles. The molecule has 3 nitrogen and oxygen atoms in total. The maximum absolute atomic E-state index is 12.4. The van der Waals surface area contributed by atoms with E-state index in [-0.39, 0.29) is 5.91 Å². The Bertz CT molecular complexity index is 455. The Morgan fingerprint density at radius 1 is 1.24 bits per heavy atom. The van der Waals surface area contributed by atoms with Gasteiger partial charge in [0.15, 0.2) is 0 Å². The first-order valence-electron chi connectivity index (χ1n) is 8.31. The molecule has 1 aromatic rings. The third-order valence-electron chi connectivity index (χ3n) is 5.12. The Balaban J connectivity index is 1.54. The van der Waals surface area contributed by atoms with Crippen LogP contribution in [0.2, 0.25) is 0 Å². The summed E-state index contributed by atoms with van der Waals surface area (Å²) in [5, 5.41) is 1.99. The molecule has 1 N–H and O–H groups in total. The Labute approximate surface area is 131 Å². The number of likely N-dealkylation sites (tertiary alicyclic amines) is 2. The average Bonchev–Trinajstić information content (AvgIpc) is 3.00. The summed E-state index contributed by atoms with van der Waals surface area (Å²) in [7, 11) is 0. The number of quaternary nitrogens is 1. The van der Waals surface area contributed by atoms with E-state index >= 15 is 0 Å². The molecular weight excluding hydrogens is 280 g/mol. The second kappa shape index (κ2) is 6.49. The molecule has 0 aromatic carbocycles. The SMILES string of the molecule is C[C@@H]1C[C@H](C)C[NH+](C2CCN(C(=O)c3cccs3)CC2)C1. The van der Waals surface area contributed by atoms with E-state index in [2.05, 4.69) is 18.7 Å². The van der Waals surface area contributed by atoms with E-state index in [1.54, 1.807) is 16.2 Å². The van der Waals surface area contributed by atoms with Gasteiger partial charge in [-0.1, -0.05) is 19.9 Å². The van der Waals surface area contributed by atoms with Crippen LogP contribution in [0.5, 0.6) is 0 Å². The van der Waals surface area contributed by atoms with Crippen LogP contribution in [0.15, 0.2) is 17.5 Å². The number of carbonyl (C=O) groups is 1. The fourth-order valence-corrected chi connectivity index (χ4v) is 4.90. The van der Waals surface area contributed by atoms with Crippen LogP contribution in [0.4, 0.5) is 0 Å². The van der Waals surface area contributed by atoms with E-state index in [1.165, 1.54) is 32.4 Å². The van der Waals surface area contributed by atoms with Crippen LogP contribution in [-0.2, 0) is 0 Å². The number of hydrogen-bond acceptors (Lipinski definition) is 2. The quantitative estimate of drug-likeness (QED) is 0.887. The van der Waals surface area contributed by atoms with Gasteiger partial charge in [0.05, 0.1) is 24.0 Å². The molecule has 3 rings (SSSR count). The van der Waals surface area contributed by atoms with Crippen molar-refractivity contribution in [3.8, 4) is 0 Å². The molecule has 2 aliphatic rings. The van der Waals surface area contributed by atoms with Gasteiger partial charge in [-0.2, -0.15) is 0 Å². The van der Waals surface area contributed by atoms with E-state index in [0.29, 0.717) is 0 Å². The van der Waals surface area contributed by atoms with E-state index in [9.17, 15) is 4.79 Å². The van der Waals surface area contributed by atoms with Gasteiger partial charge in [0.2, 0.25) is 0 Å². The second-order valence-electron chi connectivity index (χ2n) is 7.06. The van der Waals surface area contributed by atoms with E-state index in [1.807, 2.05) is 17.5 Å². The van der Waals surface area contributed by atoms with Gasteiger partial charge in [-0.05, 0) is 17.9 Å². The van der Waals surface area contributed by atoms with Crippen molar-refractivity contribution >= 4 is 17.2 Å². The van der Waals surface area contributed by atoms with Crippen molar-refractivity contribution in [1.82, 2.24) is 4.90 Å². The highest BCUT2D eigenvalue weighted by Gasteiger charge is 2.34. The van der Waals surface area contributed by atoms with Crippen LogP contribution < -0.4 is 4.90 Å². The van der Waals surface area contributed by atoms with Gasteiger partial charge in [-0.3, -0.25) is 4.79 Å². The molecule has 2 aliphatic heterocycles. The van der Waals surface area contributed by atoms with E-state index in [4.69, 9.17) is 0 Å². The number of rotatable bonds is 2. The van der Waals surface area contributed by atoms with Crippen molar-refractivity contribution in [2.24, 2.45) is 11.8 Å². The zero-order chi connectivity index (χ0) is 14.8. The summed E-state index contributed by atoms with van der Waals surface area (Å²) in [6.07, 6.45) is 3.73. The zero-order valence-electron chi connectivity index (χ0n) is 13.2. The molecule has 2 fully saturated rings. The molecule has 0 bridgehead atoms. The number of nitrogens with one attached hydrogen (secondary N) is 1. The lowest BCUT2D eigenvalue weighted by Gasteiger charge is -2.40. The molecule has 0 spiro atoms. The molecule has 2 saturated heterocycles. The first kappa shape index (κ1) is 15.0. The van der Waals surface area contributed by atoms with Gasteiger partial charge in [0, 0.05) is 37.8 Å². The Kier molecular flexibility index (Phi) is 4.65. The molecule has 0 radical (unpaired) electrons. The summed E-state index contributed by atoms with van der Waals surface area (Å²) in [5.41, 5.74) is 0. The van der Waals surface area contributed by atoms with Crippen LogP contribution in [0.25, 0.3) is 0 Å². The fraction of sp³-hybridized carbons (Fsp3) is 0.706. The number of nitrogens with zero attached hydrogens (tertiary/aromatic N) is 1. The van der Waals surface area contributed by atoms with Crippen LogP contribution in [-0.4, -0.2) is 43.0 Å². The highest BCUT2D eigenvalue weighted by molar-refractivity contribution is 7.12. The van der Waals surface area contributed by atoms with E-state index in [0.717, 1.165) is 35.8 Å². The number of thiophene rings is 1. The zero-order valence-corrected chi connectivity index (χ0v) is 14.0. The minimum absolute atomic E-state index is 0.235. The number of piperidine rings is 2. The lowest BCUT2D eigenvalue weighted by Crippen LogP contribution is -3.18. The highest BCUT2D eigenvalue weighted by atomic mass is 32.1. The molecule has 0 saturated carbocycles. The molecule has 116 valence electrons. The summed E-state index contributed by atoms with van der Waals surface area (Å²) in [6, 6.07) is 4.67. The molecule has 1 amide bonds. The van der Waals surface area contributed by atoms with Gasteiger partial charge in [0.1, 0.15) is 0 Å². The summed E-state index contributed by atoms with van der Waals surface area (Å²) < 4.78 is 0. The smallest absolute Gasteiger partial charge is 0.263 e. The average molecular weight is 307 g/mol. The number of hydrogen-bond donors (Lipinski definition) is 1. The second-order valence-corrected chi connectivity index (χ2v) is 8.00. The highest BCUT2D eigenvalue weighted by Crippen LogP contribution is 2.18. The third kappa shape index (κ3) is 3.49. The van der Waals surface area contributed by atoms with E-state index < -0.39 is 0 Å². The topological polar surface area (TPSA) is 24.8 Å². The Hall–Kier alpha value is -0.870. The molecule has 21 heavy (non-hydrogen) atoms. The summed E-state index contributed by atoms with van der Waals surface area (Å²) >= 11 is 1.56. The minimum atomic E-state index is 0.235. The first-order chi connectivity index (χ1) is 10.1. The van der Waals surface area contributed by atoms with Gasteiger partial charge in [0.25, 0.3) is 5.91 Å². The Morgan fingerprint density at radius 2 is 1.90 bits per heavy atom. The largest absolute Gasteiger partial charge is 0.337 e. The molecule has 1 aromatic heterocycles. The molecule has 4 heteroatoms. The standard InChI is InChI=1S/C17H26N2OS/c1-13-10-14(2)12-19(11-13)15-5-7-18(8-6-15)17(20)16-4-3-9-21-16/h3-4,9,13-15H,5-8,10-12H2,1-2H3/p+1/t13-,14+. The van der Waals surface area contributed by atoms with Crippen LogP contribution >= 0.6 is 11.3 Å². The van der Waals surface area contributed by atoms with Crippen LogP contribution in [0, 0.1) is 11.8 Å². The van der Waals surface area contributed by atoms with Crippen molar-refractivity contribution in [1.29, 1.82) is 0 Å². The minimum Gasteiger partial charge on any atom is -0.337 e. The van der Waals surface area contributed by atoms with Gasteiger partial charge in [-0.15, -0.1) is 11.3 Å². The van der Waals surface area contributed by atoms with Gasteiger partial charge >= 0.3 is 0 Å². The number of amides is 1. The summed E-state index contributed by atoms with van der Waals surface area (Å²) in [4.78, 5) is 17.1. The molecule has 3 atom stereocenters. The molecule has 3 heterocycles. The summed E-state index contributed by atoms with van der Waals surface area (Å²) in [6.45, 7) is 9.32. The first-order valence-corrected chi connectivity index (χ1v) is 9.18. The maximum Gasteiger partial charge on any atom is 0.263 e. The lowest BCUT2D eigenvalue weighted by molar-refractivity contribution is -0.938. The van der Waals surface area contributed by atoms with Crippen LogP contribution in [0.1, 0.15) is 42.8 Å². The maximum atomic E-state index is 12.4. The lowest BCUT2D eigenvalue weighted by atomic mass is 9.89. The fourth-order valence-electron chi connectivity index (χ4n) is 4.21.